The predicted molar refractivity (Wildman–Crippen MR) is 99.3 cm³/mol. The Kier molecular flexibility index (Phi) is 4.68. The number of rotatable bonds is 4. The molecule has 1 aromatic heterocycles. The zero-order valence-corrected chi connectivity index (χ0v) is 15.9. The molecule has 0 unspecified atom stereocenters. The highest BCUT2D eigenvalue weighted by atomic mass is 35.5. The second-order valence-electron chi connectivity index (χ2n) is 5.75. The summed E-state index contributed by atoms with van der Waals surface area (Å²) in [5.41, 5.74) is 1.69. The van der Waals surface area contributed by atoms with Gasteiger partial charge in [0.2, 0.25) is 0 Å². The van der Waals surface area contributed by atoms with Crippen molar-refractivity contribution in [1.29, 1.82) is 0 Å². The highest BCUT2D eigenvalue weighted by molar-refractivity contribution is 7.92. The van der Waals surface area contributed by atoms with Gasteiger partial charge in [-0.3, -0.25) is 4.72 Å². The number of esters is 1. The summed E-state index contributed by atoms with van der Waals surface area (Å²) in [5.74, 6) is -0.144. The van der Waals surface area contributed by atoms with E-state index in [4.69, 9.17) is 20.8 Å². The van der Waals surface area contributed by atoms with E-state index in [0.29, 0.717) is 33.0 Å². The maximum atomic E-state index is 12.6. The fourth-order valence-corrected chi connectivity index (χ4v) is 3.89. The van der Waals surface area contributed by atoms with Crippen LogP contribution in [0.1, 0.15) is 21.7 Å². The molecule has 0 aliphatic heterocycles. The molecule has 3 aromatic rings. The molecule has 2 aromatic carbocycles. The fourth-order valence-electron chi connectivity index (χ4n) is 2.64. The second-order valence-corrected chi connectivity index (χ2v) is 7.84. The molecule has 3 rings (SSSR count). The van der Waals surface area contributed by atoms with Crippen molar-refractivity contribution in [3.8, 4) is 0 Å². The third-order valence-electron chi connectivity index (χ3n) is 3.95. The Labute approximate surface area is 155 Å². The van der Waals surface area contributed by atoms with Gasteiger partial charge in [-0.25, -0.2) is 13.2 Å². The smallest absolute Gasteiger partial charge is 0.342 e. The van der Waals surface area contributed by atoms with Gasteiger partial charge in [-0.05, 0) is 55.8 Å². The lowest BCUT2D eigenvalue weighted by molar-refractivity contribution is 0.0600. The van der Waals surface area contributed by atoms with Crippen LogP contribution in [0.25, 0.3) is 11.0 Å². The number of furan rings is 1. The molecular weight excluding hydrogens is 378 g/mol. The number of aryl methyl sites for hydroxylation is 2. The van der Waals surface area contributed by atoms with Crippen LogP contribution in [0.4, 0.5) is 5.69 Å². The van der Waals surface area contributed by atoms with Crippen molar-refractivity contribution in [3.05, 3.63) is 58.3 Å². The molecule has 26 heavy (non-hydrogen) atoms. The summed E-state index contributed by atoms with van der Waals surface area (Å²) in [5, 5.41) is 0.962. The maximum absolute atomic E-state index is 12.6. The average Bonchev–Trinajstić information content (AvgIpc) is 2.91. The summed E-state index contributed by atoms with van der Waals surface area (Å²) in [6.45, 7) is 3.37. The Bertz CT molecular complexity index is 1120. The van der Waals surface area contributed by atoms with Gasteiger partial charge in [-0.1, -0.05) is 11.6 Å². The summed E-state index contributed by atoms with van der Waals surface area (Å²) < 4.78 is 38.0. The Hall–Kier alpha value is -2.51. The molecule has 0 amide bonds. The topological polar surface area (TPSA) is 85.6 Å². The van der Waals surface area contributed by atoms with E-state index in [1.807, 2.05) is 0 Å². The Balaban J connectivity index is 2.03. The summed E-state index contributed by atoms with van der Waals surface area (Å²) >= 11 is 5.95. The molecule has 0 bridgehead atoms. The fraction of sp³-hybridized carbons (Fsp3) is 0.167. The largest absolute Gasteiger partial charge is 0.465 e. The number of ether oxygens (including phenoxy) is 1. The molecular formula is C18H16ClNO5S. The minimum Gasteiger partial charge on any atom is -0.465 e. The number of sulfonamides is 1. The van der Waals surface area contributed by atoms with Crippen LogP contribution in [0.15, 0.2) is 45.7 Å². The van der Waals surface area contributed by atoms with Gasteiger partial charge in [-0.15, -0.1) is 0 Å². The summed E-state index contributed by atoms with van der Waals surface area (Å²) in [7, 11) is -2.53. The third kappa shape index (κ3) is 3.27. The molecule has 0 atom stereocenters. The molecule has 136 valence electrons. The number of benzene rings is 2. The van der Waals surface area contributed by atoms with Crippen molar-refractivity contribution in [2.24, 2.45) is 0 Å². The lowest BCUT2D eigenvalue weighted by Crippen LogP contribution is -2.13. The SMILES string of the molecule is COC(=O)c1c(C)oc2ccc(NS(=O)(=O)c3ccc(Cl)c(C)c3)cc12. The molecule has 0 spiro atoms. The van der Waals surface area contributed by atoms with Crippen LogP contribution < -0.4 is 4.72 Å². The van der Waals surface area contributed by atoms with Crippen LogP contribution >= 0.6 is 11.6 Å². The van der Waals surface area contributed by atoms with Crippen molar-refractivity contribution in [2.75, 3.05) is 11.8 Å². The second kappa shape index (κ2) is 6.66. The summed E-state index contributed by atoms with van der Waals surface area (Å²) in [6, 6.07) is 9.15. The lowest BCUT2D eigenvalue weighted by atomic mass is 10.1. The van der Waals surface area contributed by atoms with E-state index >= 15 is 0 Å². The highest BCUT2D eigenvalue weighted by Crippen LogP contribution is 2.30. The van der Waals surface area contributed by atoms with Crippen LogP contribution in [0.5, 0.6) is 0 Å². The van der Waals surface area contributed by atoms with Crippen LogP contribution in [-0.4, -0.2) is 21.5 Å². The number of halogens is 1. The van der Waals surface area contributed by atoms with Crippen LogP contribution in [0.2, 0.25) is 5.02 Å². The zero-order chi connectivity index (χ0) is 19.1. The molecule has 0 aliphatic rings. The number of carbonyl (C=O) groups excluding carboxylic acids is 1. The normalized spacial score (nSPS) is 11.5. The first-order chi connectivity index (χ1) is 12.2. The molecule has 1 N–H and O–H groups in total. The summed E-state index contributed by atoms with van der Waals surface area (Å²) in [6.07, 6.45) is 0. The Morgan fingerprint density at radius 1 is 1.15 bits per heavy atom. The van der Waals surface area contributed by atoms with Gasteiger partial charge in [0.1, 0.15) is 16.9 Å². The standard InChI is InChI=1S/C18H16ClNO5S/c1-10-8-13(5-6-15(10)19)26(22,23)20-12-4-7-16-14(9-12)17(11(2)25-16)18(21)24-3/h4-9,20H,1-3H3. The maximum Gasteiger partial charge on any atom is 0.342 e. The van der Waals surface area contributed by atoms with Gasteiger partial charge in [-0.2, -0.15) is 0 Å². The molecule has 1 heterocycles. The third-order valence-corrected chi connectivity index (χ3v) is 5.75. The zero-order valence-electron chi connectivity index (χ0n) is 14.3. The first kappa shape index (κ1) is 18.3. The van der Waals surface area contributed by atoms with E-state index in [-0.39, 0.29) is 10.5 Å². The van der Waals surface area contributed by atoms with E-state index < -0.39 is 16.0 Å². The number of fused-ring (bicyclic) bond motifs is 1. The van der Waals surface area contributed by atoms with Crippen molar-refractivity contribution < 1.29 is 22.4 Å². The molecule has 8 heteroatoms. The van der Waals surface area contributed by atoms with E-state index in [2.05, 4.69) is 4.72 Å². The van der Waals surface area contributed by atoms with Gasteiger partial charge in [0.15, 0.2) is 0 Å². The van der Waals surface area contributed by atoms with Crippen LogP contribution in [0.3, 0.4) is 0 Å². The molecule has 0 aliphatic carbocycles. The Morgan fingerprint density at radius 2 is 1.88 bits per heavy atom. The number of anilines is 1. The quantitative estimate of drug-likeness (QED) is 0.668. The van der Waals surface area contributed by atoms with Crippen molar-refractivity contribution in [1.82, 2.24) is 0 Å². The number of hydrogen-bond donors (Lipinski definition) is 1. The molecule has 6 nitrogen and oxygen atoms in total. The first-order valence-electron chi connectivity index (χ1n) is 7.63. The van der Waals surface area contributed by atoms with E-state index in [9.17, 15) is 13.2 Å². The highest BCUT2D eigenvalue weighted by Gasteiger charge is 2.21. The van der Waals surface area contributed by atoms with Crippen molar-refractivity contribution in [2.45, 2.75) is 18.7 Å². The minimum absolute atomic E-state index is 0.0936. The monoisotopic (exact) mass is 393 g/mol. The number of methoxy groups -OCH3 is 1. The van der Waals surface area contributed by atoms with E-state index in [1.165, 1.54) is 25.3 Å². The predicted octanol–water partition coefficient (Wildman–Crippen LogP) is 4.29. The van der Waals surface area contributed by atoms with E-state index in [0.717, 1.165) is 0 Å². The molecule has 0 saturated carbocycles. The van der Waals surface area contributed by atoms with Crippen LogP contribution in [0, 0.1) is 13.8 Å². The van der Waals surface area contributed by atoms with Crippen molar-refractivity contribution in [3.63, 3.8) is 0 Å². The molecule has 0 fully saturated rings. The first-order valence-corrected chi connectivity index (χ1v) is 9.49. The number of nitrogens with one attached hydrogen (secondary N) is 1. The molecule has 0 radical (unpaired) electrons. The van der Waals surface area contributed by atoms with Gasteiger partial charge in [0, 0.05) is 16.1 Å². The molecule has 0 saturated heterocycles. The average molecular weight is 394 g/mol. The minimum atomic E-state index is -3.81. The summed E-state index contributed by atoms with van der Waals surface area (Å²) in [4.78, 5) is 12.1. The van der Waals surface area contributed by atoms with E-state index in [1.54, 1.807) is 32.0 Å². The van der Waals surface area contributed by atoms with Crippen LogP contribution in [-0.2, 0) is 14.8 Å². The Morgan fingerprint density at radius 3 is 2.54 bits per heavy atom. The van der Waals surface area contributed by atoms with Gasteiger partial charge in [0.25, 0.3) is 10.0 Å². The lowest BCUT2D eigenvalue weighted by Gasteiger charge is -2.09. The van der Waals surface area contributed by atoms with Gasteiger partial charge >= 0.3 is 5.97 Å². The van der Waals surface area contributed by atoms with Gasteiger partial charge < -0.3 is 9.15 Å². The number of carbonyl (C=O) groups is 1. The van der Waals surface area contributed by atoms with Gasteiger partial charge in [0.05, 0.1) is 12.0 Å². The number of hydrogen-bond acceptors (Lipinski definition) is 5. The van der Waals surface area contributed by atoms with Crippen molar-refractivity contribution >= 4 is 44.3 Å².